The molecule has 50 heavy (non-hydrogen) atoms. The lowest BCUT2D eigenvalue weighted by Crippen LogP contribution is -2.41. The molecule has 7 rings (SSSR count). The Morgan fingerprint density at radius 1 is 1.02 bits per heavy atom. The maximum Gasteiger partial charge on any atom is 0.410 e. The lowest BCUT2D eigenvalue weighted by molar-refractivity contribution is 0.0195. The third-order valence-electron chi connectivity index (χ3n) is 8.37. The van der Waals surface area contributed by atoms with E-state index in [2.05, 4.69) is 32.2 Å². The second-order valence-electron chi connectivity index (χ2n) is 13.0. The number of amides is 2. The van der Waals surface area contributed by atoms with Gasteiger partial charge in [-0.3, -0.25) is 19.1 Å². The minimum absolute atomic E-state index is 0.0513. The van der Waals surface area contributed by atoms with Gasteiger partial charge in [0.2, 0.25) is 0 Å². The Hall–Kier alpha value is -6.42. The van der Waals surface area contributed by atoms with Crippen molar-refractivity contribution >= 4 is 34.2 Å². The minimum Gasteiger partial charge on any atom is -0.444 e. The summed E-state index contributed by atoms with van der Waals surface area (Å²) in [6, 6.07) is 17.7. The highest BCUT2D eigenvalue weighted by molar-refractivity contribution is 6.04. The van der Waals surface area contributed by atoms with Crippen LogP contribution in [-0.2, 0) is 17.8 Å². The van der Waals surface area contributed by atoms with Gasteiger partial charge in [0.05, 0.1) is 24.2 Å². The van der Waals surface area contributed by atoms with Gasteiger partial charge in [-0.1, -0.05) is 36.3 Å². The number of nitrogens with one attached hydrogen (secondary N) is 1. The van der Waals surface area contributed by atoms with E-state index in [9.17, 15) is 14.4 Å². The van der Waals surface area contributed by atoms with Crippen LogP contribution in [0.25, 0.3) is 22.1 Å². The Kier molecular flexibility index (Phi) is 8.07. The molecule has 4 aromatic heterocycles. The van der Waals surface area contributed by atoms with E-state index in [1.807, 2.05) is 86.9 Å². The number of anilines is 1. The summed E-state index contributed by atoms with van der Waals surface area (Å²) in [5, 5.41) is 8.32. The molecule has 1 aliphatic heterocycles. The number of nitrogen functional groups attached to an aromatic ring is 1. The molecule has 0 saturated carbocycles. The van der Waals surface area contributed by atoms with Gasteiger partial charge < -0.3 is 20.4 Å². The summed E-state index contributed by atoms with van der Waals surface area (Å²) in [6.45, 7) is 8.60. The van der Waals surface area contributed by atoms with Gasteiger partial charge in [0.15, 0.2) is 11.5 Å². The fourth-order valence-corrected chi connectivity index (χ4v) is 6.09. The molecule has 0 radical (unpaired) electrons. The lowest BCUT2D eigenvalue weighted by Gasteiger charge is -2.30. The highest BCUT2D eigenvalue weighted by Gasteiger charge is 2.28. The molecule has 6 aromatic rings. The zero-order valence-corrected chi connectivity index (χ0v) is 28.0. The smallest absolute Gasteiger partial charge is 0.410 e. The number of ether oxygens (including phenoxy) is 1. The summed E-state index contributed by atoms with van der Waals surface area (Å²) in [5.41, 5.74) is 8.16. The van der Waals surface area contributed by atoms with Gasteiger partial charge in [-0.05, 0) is 69.3 Å². The van der Waals surface area contributed by atoms with Gasteiger partial charge in [0.1, 0.15) is 22.7 Å². The molecule has 2 aromatic carbocycles. The first kappa shape index (κ1) is 32.1. The van der Waals surface area contributed by atoms with E-state index in [1.54, 1.807) is 34.1 Å². The Morgan fingerprint density at radius 2 is 1.82 bits per heavy atom. The van der Waals surface area contributed by atoms with Crippen LogP contribution in [-0.4, -0.2) is 57.8 Å². The number of fused-ring (bicyclic) bond motifs is 3. The fourth-order valence-electron chi connectivity index (χ4n) is 6.09. The molecule has 13 heteroatoms. The van der Waals surface area contributed by atoms with E-state index in [-0.39, 0.29) is 23.0 Å². The van der Waals surface area contributed by atoms with Crippen LogP contribution in [0.15, 0.2) is 84.0 Å². The van der Waals surface area contributed by atoms with Crippen LogP contribution in [0, 0.1) is 11.8 Å². The summed E-state index contributed by atoms with van der Waals surface area (Å²) in [5.74, 6) is 6.73. The van der Waals surface area contributed by atoms with Crippen molar-refractivity contribution < 1.29 is 14.3 Å². The number of pyridine rings is 1. The Balaban J connectivity index is 1.24. The van der Waals surface area contributed by atoms with E-state index < -0.39 is 17.6 Å². The standard InChI is InChI=1S/C37H35N9O4/c1-23(41-34(47)31-32(38)42-45-17-9-16-39-33(31)45)28-20-25-11-8-10-24(30(25)35(48)46(28)26-12-6-5-7-13-26)14-15-27-21-40-29-22-43(18-19-44(27)29)36(49)50-37(2,3)4/h5-13,16-17,20-21,23H,18-19,22H2,1-4H3,(H2,38,42)(H,41,47)/t23-/m0/s1. The van der Waals surface area contributed by atoms with Crippen LogP contribution in [0.5, 0.6) is 0 Å². The van der Waals surface area contributed by atoms with Gasteiger partial charge in [-0.15, -0.1) is 5.10 Å². The lowest BCUT2D eigenvalue weighted by atomic mass is 10.0. The molecule has 252 valence electrons. The topological polar surface area (TPSA) is 155 Å². The number of imidazole rings is 1. The molecule has 0 spiro atoms. The molecule has 0 bridgehead atoms. The molecule has 0 aliphatic carbocycles. The Morgan fingerprint density at radius 3 is 2.60 bits per heavy atom. The van der Waals surface area contributed by atoms with Crippen LogP contribution in [0.1, 0.15) is 66.9 Å². The number of nitrogens with zero attached hydrogens (tertiary/aromatic N) is 7. The maximum atomic E-state index is 14.5. The van der Waals surface area contributed by atoms with Crippen molar-refractivity contribution in [2.45, 2.75) is 52.4 Å². The summed E-state index contributed by atoms with van der Waals surface area (Å²) in [6.07, 6.45) is 4.53. The van der Waals surface area contributed by atoms with Crippen molar-refractivity contribution in [3.8, 4) is 17.5 Å². The monoisotopic (exact) mass is 669 g/mol. The predicted molar refractivity (Wildman–Crippen MR) is 188 cm³/mol. The summed E-state index contributed by atoms with van der Waals surface area (Å²) in [4.78, 5) is 51.1. The summed E-state index contributed by atoms with van der Waals surface area (Å²) in [7, 11) is 0. The second kappa shape index (κ2) is 12.6. The number of hydrogen-bond acceptors (Lipinski definition) is 8. The normalized spacial score (nSPS) is 13.4. The highest BCUT2D eigenvalue weighted by Crippen LogP contribution is 2.25. The first-order valence-corrected chi connectivity index (χ1v) is 16.2. The average molecular weight is 670 g/mol. The van der Waals surface area contributed by atoms with E-state index in [1.165, 1.54) is 4.52 Å². The van der Waals surface area contributed by atoms with E-state index >= 15 is 0 Å². The molecular formula is C37H35N9O4. The van der Waals surface area contributed by atoms with Gasteiger partial charge in [-0.2, -0.15) is 0 Å². The molecule has 2 amide bonds. The highest BCUT2D eigenvalue weighted by atomic mass is 16.6. The van der Waals surface area contributed by atoms with E-state index in [0.717, 1.165) is 0 Å². The van der Waals surface area contributed by atoms with Crippen molar-refractivity contribution in [2.24, 2.45) is 0 Å². The molecule has 13 nitrogen and oxygen atoms in total. The van der Waals surface area contributed by atoms with Crippen LogP contribution >= 0.6 is 0 Å². The fraction of sp³-hybridized carbons (Fsp3) is 0.243. The first-order chi connectivity index (χ1) is 24.0. The molecule has 1 atom stereocenters. The maximum absolute atomic E-state index is 14.5. The number of carbonyl (C=O) groups is 2. The van der Waals surface area contributed by atoms with Crippen LogP contribution in [0.3, 0.4) is 0 Å². The molecule has 1 aliphatic rings. The SMILES string of the molecule is C[C@H](NC(=O)c1c(N)nn2cccnc12)c1cc2cccc(C#Cc3cnc4n3CCN(C(=O)OC(C)(C)C)C4)c2c(=O)n1-c1ccccc1. The van der Waals surface area contributed by atoms with Crippen molar-refractivity contribution in [3.05, 3.63) is 118 Å². The molecule has 0 saturated heterocycles. The van der Waals surface area contributed by atoms with Gasteiger partial charge in [0.25, 0.3) is 11.5 Å². The number of hydrogen-bond donors (Lipinski definition) is 2. The zero-order chi connectivity index (χ0) is 35.2. The van der Waals surface area contributed by atoms with Crippen molar-refractivity contribution in [3.63, 3.8) is 0 Å². The van der Waals surface area contributed by atoms with Crippen molar-refractivity contribution in [2.75, 3.05) is 12.3 Å². The third-order valence-corrected chi connectivity index (χ3v) is 8.37. The number of para-hydroxylation sites is 1. The average Bonchev–Trinajstić information content (AvgIpc) is 3.65. The first-order valence-electron chi connectivity index (χ1n) is 16.2. The van der Waals surface area contributed by atoms with Gasteiger partial charge >= 0.3 is 6.09 Å². The van der Waals surface area contributed by atoms with Crippen molar-refractivity contribution in [1.29, 1.82) is 0 Å². The molecular weight excluding hydrogens is 634 g/mol. The molecule has 3 N–H and O–H groups in total. The molecule has 0 fully saturated rings. The number of benzene rings is 2. The minimum atomic E-state index is -0.619. The number of rotatable bonds is 4. The largest absolute Gasteiger partial charge is 0.444 e. The number of carbonyl (C=O) groups excluding carboxylic acids is 2. The quantitative estimate of drug-likeness (QED) is 0.261. The van der Waals surface area contributed by atoms with Crippen LogP contribution < -0.4 is 16.6 Å². The van der Waals surface area contributed by atoms with Crippen LogP contribution in [0.2, 0.25) is 0 Å². The van der Waals surface area contributed by atoms with Gasteiger partial charge in [0, 0.05) is 42.4 Å². The number of aromatic nitrogens is 6. The molecule has 5 heterocycles. The van der Waals surface area contributed by atoms with E-state index in [0.29, 0.717) is 64.5 Å². The zero-order valence-electron chi connectivity index (χ0n) is 28.0. The predicted octanol–water partition coefficient (Wildman–Crippen LogP) is 4.45. The Labute approximate surface area is 287 Å². The van der Waals surface area contributed by atoms with E-state index in [4.69, 9.17) is 10.5 Å². The second-order valence-corrected chi connectivity index (χ2v) is 13.0. The summed E-state index contributed by atoms with van der Waals surface area (Å²) < 4.78 is 10.6. The van der Waals surface area contributed by atoms with Crippen molar-refractivity contribution in [1.82, 2.24) is 38.9 Å². The van der Waals surface area contributed by atoms with Gasteiger partial charge in [-0.25, -0.2) is 19.3 Å². The van der Waals surface area contributed by atoms with Crippen LogP contribution in [0.4, 0.5) is 10.6 Å². The third kappa shape index (κ3) is 6.03. The summed E-state index contributed by atoms with van der Waals surface area (Å²) >= 11 is 0. The Bertz CT molecular complexity index is 2410. The molecule has 0 unspecified atom stereocenters. The number of nitrogens with two attached hydrogens (primary N) is 1.